The number of fused-ring (bicyclic) bond motifs is 1. The van der Waals surface area contributed by atoms with Crippen LogP contribution in [-0.2, 0) is 0 Å². The molecule has 0 amide bonds. The first kappa shape index (κ1) is 27.6. The number of nitrogen functional groups attached to an aromatic ring is 2. The molecule has 5 N–H and O–H groups in total. The molecule has 1 atom stereocenters. The zero-order valence-electron chi connectivity index (χ0n) is 22.0. The van der Waals surface area contributed by atoms with Crippen LogP contribution >= 0.6 is 22.9 Å². The summed E-state index contributed by atoms with van der Waals surface area (Å²) in [4.78, 5) is 14.9. The van der Waals surface area contributed by atoms with Crippen LogP contribution in [0.3, 0.4) is 0 Å². The lowest BCUT2D eigenvalue weighted by atomic mass is 9.96. The number of aliphatic hydroxyl groups excluding tert-OH is 1. The maximum absolute atomic E-state index is 16.7. The summed E-state index contributed by atoms with van der Waals surface area (Å²) in [7, 11) is 1.35. The molecule has 214 valence electrons. The van der Waals surface area contributed by atoms with Crippen molar-refractivity contribution in [2.24, 2.45) is 0 Å². The molecule has 3 aromatic heterocycles. The molecule has 2 aromatic carbocycles. The molecule has 4 heterocycles. The highest BCUT2D eigenvalue weighted by molar-refractivity contribution is 7.23. The summed E-state index contributed by atoms with van der Waals surface area (Å²) in [5.74, 6) is -0.844. The highest BCUT2D eigenvalue weighted by atomic mass is 35.5. The summed E-state index contributed by atoms with van der Waals surface area (Å²) < 4.78 is 43.1. The Labute approximate surface area is 246 Å². The van der Waals surface area contributed by atoms with Crippen LogP contribution in [-0.4, -0.2) is 46.9 Å². The van der Waals surface area contributed by atoms with E-state index in [1.807, 2.05) is 11.0 Å². The van der Waals surface area contributed by atoms with Crippen LogP contribution in [0.25, 0.3) is 32.1 Å². The van der Waals surface area contributed by atoms with Crippen LogP contribution in [0.15, 0.2) is 30.5 Å². The predicted molar refractivity (Wildman–Crippen MR) is 157 cm³/mol. The number of hydrogen-bond donors (Lipinski definition) is 3. The molecule has 6 rings (SSSR count). The lowest BCUT2D eigenvalue weighted by Crippen LogP contribution is -2.33. The molecule has 0 unspecified atom stereocenters. The van der Waals surface area contributed by atoms with Crippen LogP contribution in [0.1, 0.15) is 23.6 Å². The Bertz CT molecular complexity index is 1930. The van der Waals surface area contributed by atoms with Gasteiger partial charge in [-0.25, -0.2) is 13.8 Å². The number of halogens is 3. The largest absolute Gasteiger partial charge is 0.489 e. The molecule has 42 heavy (non-hydrogen) atoms. The van der Waals surface area contributed by atoms with Gasteiger partial charge in [0.2, 0.25) is 0 Å². The minimum absolute atomic E-state index is 0.0138. The number of methoxy groups -OCH3 is 1. The van der Waals surface area contributed by atoms with Gasteiger partial charge in [-0.05, 0) is 24.1 Å². The maximum atomic E-state index is 16.7. The minimum atomic E-state index is -0.854. The summed E-state index contributed by atoms with van der Waals surface area (Å²) in [6.07, 6.45) is 1.81. The lowest BCUT2D eigenvalue weighted by Gasteiger charge is -2.32. The summed E-state index contributed by atoms with van der Waals surface area (Å²) in [5.41, 5.74) is 12.7. The smallest absolute Gasteiger partial charge is 0.318 e. The normalized spacial score (nSPS) is 13.6. The van der Waals surface area contributed by atoms with Gasteiger partial charge in [0.05, 0.1) is 40.4 Å². The average molecular weight is 610 g/mol. The quantitative estimate of drug-likeness (QED) is 0.234. The van der Waals surface area contributed by atoms with Gasteiger partial charge in [0.1, 0.15) is 40.6 Å². The first-order chi connectivity index (χ1) is 20.3. The molecule has 0 saturated carbocycles. The molecule has 1 aliphatic heterocycles. The van der Waals surface area contributed by atoms with Gasteiger partial charge in [-0.1, -0.05) is 23.7 Å². The molecule has 0 saturated heterocycles. The van der Waals surface area contributed by atoms with Crippen LogP contribution in [0.4, 0.5) is 25.4 Å². The number of pyridine rings is 1. The van der Waals surface area contributed by atoms with Gasteiger partial charge in [0.25, 0.3) is 0 Å². The number of nitriles is 1. The van der Waals surface area contributed by atoms with Crippen molar-refractivity contribution in [1.29, 1.82) is 5.26 Å². The second kappa shape index (κ2) is 10.7. The number of hydrogen-bond acceptors (Lipinski definition) is 11. The van der Waals surface area contributed by atoms with Crippen LogP contribution in [0, 0.1) is 23.0 Å². The molecule has 1 aliphatic rings. The van der Waals surface area contributed by atoms with Gasteiger partial charge >= 0.3 is 6.01 Å². The molecule has 14 heteroatoms. The first-order valence-electron chi connectivity index (χ1n) is 12.7. The number of nitrogens with two attached hydrogens (primary N) is 2. The summed E-state index contributed by atoms with van der Waals surface area (Å²) in [6, 6.07) is 7.37. The third kappa shape index (κ3) is 4.18. The maximum Gasteiger partial charge on any atom is 0.318 e. The topological polar surface area (TPSA) is 156 Å². The van der Waals surface area contributed by atoms with E-state index in [0.717, 1.165) is 11.3 Å². The highest BCUT2D eigenvalue weighted by Crippen LogP contribution is 2.51. The molecule has 0 fully saturated rings. The van der Waals surface area contributed by atoms with Crippen molar-refractivity contribution >= 4 is 60.6 Å². The zero-order valence-corrected chi connectivity index (χ0v) is 23.6. The van der Waals surface area contributed by atoms with Gasteiger partial charge in [0.15, 0.2) is 11.6 Å². The van der Waals surface area contributed by atoms with E-state index in [0.29, 0.717) is 5.56 Å². The fraction of sp³-hybridized carbons (Fsp3) is 0.214. The summed E-state index contributed by atoms with van der Waals surface area (Å²) in [5, 5.41) is 20.1. The summed E-state index contributed by atoms with van der Waals surface area (Å²) >= 11 is 7.80. The Hall–Kier alpha value is -4.51. The van der Waals surface area contributed by atoms with Gasteiger partial charge in [-0.15, -0.1) is 11.3 Å². The van der Waals surface area contributed by atoms with E-state index in [-0.39, 0.29) is 97.3 Å². The molecular weight excluding hydrogens is 588 g/mol. The third-order valence-electron chi connectivity index (χ3n) is 7.18. The van der Waals surface area contributed by atoms with Crippen molar-refractivity contribution in [3.63, 3.8) is 0 Å². The van der Waals surface area contributed by atoms with Crippen LogP contribution in [0.2, 0.25) is 5.02 Å². The second-order valence-electron chi connectivity index (χ2n) is 9.39. The Morgan fingerprint density at radius 1 is 1.26 bits per heavy atom. The molecule has 0 spiro atoms. The van der Waals surface area contributed by atoms with Crippen molar-refractivity contribution in [2.75, 3.05) is 43.2 Å². The minimum Gasteiger partial charge on any atom is -0.489 e. The van der Waals surface area contributed by atoms with Crippen molar-refractivity contribution in [1.82, 2.24) is 15.0 Å². The monoisotopic (exact) mass is 609 g/mol. The average Bonchev–Trinajstić information content (AvgIpc) is 3.21. The van der Waals surface area contributed by atoms with Crippen molar-refractivity contribution in [3.05, 3.63) is 58.2 Å². The molecule has 0 bridgehead atoms. The van der Waals surface area contributed by atoms with E-state index in [2.05, 4.69) is 15.0 Å². The number of ether oxygens (including phenoxy) is 2. The number of benzene rings is 2. The van der Waals surface area contributed by atoms with E-state index in [1.165, 1.54) is 19.2 Å². The third-order valence-corrected chi connectivity index (χ3v) is 8.57. The molecule has 10 nitrogen and oxygen atoms in total. The number of thiophene rings is 1. The van der Waals surface area contributed by atoms with Crippen molar-refractivity contribution < 1.29 is 23.4 Å². The predicted octanol–water partition coefficient (Wildman–Crippen LogP) is 5.21. The van der Waals surface area contributed by atoms with Gasteiger partial charge in [0, 0.05) is 29.3 Å². The Morgan fingerprint density at radius 3 is 2.79 bits per heavy atom. The van der Waals surface area contributed by atoms with E-state index >= 15 is 4.39 Å². The van der Waals surface area contributed by atoms with Crippen molar-refractivity contribution in [3.8, 4) is 29.0 Å². The molecule has 5 aromatic rings. The molecule has 0 aliphatic carbocycles. The zero-order chi connectivity index (χ0) is 29.7. The molecular formula is C28H22ClF2N7O3S. The lowest BCUT2D eigenvalue weighted by molar-refractivity contribution is 0.268. The Kier molecular flexibility index (Phi) is 7.05. The van der Waals surface area contributed by atoms with E-state index in [1.54, 1.807) is 18.3 Å². The van der Waals surface area contributed by atoms with Crippen LogP contribution in [0.5, 0.6) is 11.8 Å². The van der Waals surface area contributed by atoms with Gasteiger partial charge in [-0.3, -0.25) is 0 Å². The number of rotatable bonds is 6. The fourth-order valence-electron chi connectivity index (χ4n) is 5.38. The van der Waals surface area contributed by atoms with E-state index in [9.17, 15) is 14.8 Å². The SMILES string of the molecule is COc1nc2c3c(c(Cl)c(-c4ccc(F)c5sc(N)c(C#N)c45)c(F)c3n1)OCCN2[C@H](CCO)c1cccnc1N. The Balaban J connectivity index is 1.68. The van der Waals surface area contributed by atoms with Crippen LogP contribution < -0.4 is 25.8 Å². The highest BCUT2D eigenvalue weighted by Gasteiger charge is 2.34. The summed E-state index contributed by atoms with van der Waals surface area (Å²) in [6.45, 7) is 0.152. The van der Waals surface area contributed by atoms with E-state index < -0.39 is 17.7 Å². The number of aromatic nitrogens is 3. The van der Waals surface area contributed by atoms with Gasteiger partial charge < -0.3 is 30.9 Å². The molecule has 0 radical (unpaired) electrons. The van der Waals surface area contributed by atoms with Gasteiger partial charge in [-0.2, -0.15) is 15.2 Å². The fourth-order valence-corrected chi connectivity index (χ4v) is 6.67. The van der Waals surface area contributed by atoms with Crippen molar-refractivity contribution in [2.45, 2.75) is 12.5 Å². The standard InChI is InChI=1S/C28H22ClF2N7O3S/c1-40-28-36-22-19-23(41-10-8-38(27(19)37-28)16(6-9-39)12-3-2-7-35-25(12)33)20(29)18(21(22)31)13-4-5-15(30)24-17(13)14(11-32)26(34)42-24/h2-5,7,16,39H,6,8-10,34H2,1H3,(H2,33,35)/t16-/m1/s1. The Morgan fingerprint density at radius 2 is 2.07 bits per heavy atom. The second-order valence-corrected chi connectivity index (χ2v) is 10.8. The first-order valence-corrected chi connectivity index (χ1v) is 13.9. The number of anilines is 3. The number of nitrogens with zero attached hydrogens (tertiary/aromatic N) is 5. The van der Waals surface area contributed by atoms with E-state index in [4.69, 9.17) is 32.5 Å². The number of aliphatic hydroxyl groups is 1.